The highest BCUT2D eigenvalue weighted by Crippen LogP contribution is 2.51. The van der Waals surface area contributed by atoms with E-state index in [1.807, 2.05) is 47.3 Å². The maximum atomic E-state index is 6.64. The Bertz CT molecular complexity index is 1080. The van der Waals surface area contributed by atoms with Crippen LogP contribution in [-0.2, 0) is 6.42 Å². The Morgan fingerprint density at radius 3 is 2.24 bits per heavy atom. The monoisotopic (exact) mass is 402 g/mol. The topological polar surface area (TPSA) is 56.7 Å². The van der Waals surface area contributed by atoms with E-state index in [4.69, 9.17) is 5.73 Å². The van der Waals surface area contributed by atoms with Crippen LogP contribution in [0.2, 0.25) is 0 Å². The van der Waals surface area contributed by atoms with Crippen molar-refractivity contribution in [2.24, 2.45) is 5.73 Å². The Labute approximate surface area is 176 Å². The summed E-state index contributed by atoms with van der Waals surface area (Å²) in [6, 6.07) is 29.1. The standard InChI is InChI=1S/C24H22N4.ClH/c25-24(15-18-7-3-1-4-8-18)16-22(24)19-11-13-21(14-12-19)28-17-23(26-27-28)20-9-5-2-6-10-20;/h1-14,17,22H,15-16,25H2;1H. The van der Waals surface area contributed by atoms with Crippen molar-refractivity contribution in [1.29, 1.82) is 0 Å². The van der Waals surface area contributed by atoms with E-state index in [1.165, 1.54) is 11.1 Å². The molecule has 146 valence electrons. The van der Waals surface area contributed by atoms with Crippen LogP contribution >= 0.6 is 12.4 Å². The Balaban J connectivity index is 0.00000205. The Morgan fingerprint density at radius 2 is 1.55 bits per heavy atom. The predicted molar refractivity (Wildman–Crippen MR) is 118 cm³/mol. The van der Waals surface area contributed by atoms with Gasteiger partial charge in [-0.05, 0) is 36.1 Å². The van der Waals surface area contributed by atoms with Gasteiger partial charge in [-0.3, -0.25) is 0 Å². The number of nitrogens with zero attached hydrogens (tertiary/aromatic N) is 3. The fraction of sp³-hybridized carbons (Fsp3) is 0.167. The average Bonchev–Trinajstić information content (AvgIpc) is 3.17. The van der Waals surface area contributed by atoms with E-state index in [0.29, 0.717) is 5.92 Å². The summed E-state index contributed by atoms with van der Waals surface area (Å²) in [4.78, 5) is 0. The van der Waals surface area contributed by atoms with Gasteiger partial charge in [-0.15, -0.1) is 17.5 Å². The first kappa shape index (κ1) is 19.4. The van der Waals surface area contributed by atoms with E-state index in [0.717, 1.165) is 29.8 Å². The van der Waals surface area contributed by atoms with Gasteiger partial charge in [0, 0.05) is 17.0 Å². The van der Waals surface area contributed by atoms with Crippen LogP contribution in [0.15, 0.2) is 91.1 Å². The number of hydrogen-bond acceptors (Lipinski definition) is 3. The molecular formula is C24H23ClN4. The van der Waals surface area contributed by atoms with E-state index in [9.17, 15) is 0 Å². The molecule has 0 radical (unpaired) electrons. The third-order valence-electron chi connectivity index (χ3n) is 5.62. The minimum Gasteiger partial charge on any atom is -0.324 e. The highest BCUT2D eigenvalue weighted by atomic mass is 35.5. The molecule has 2 atom stereocenters. The lowest BCUT2D eigenvalue weighted by molar-refractivity contribution is 0.646. The number of halogens is 1. The van der Waals surface area contributed by atoms with E-state index >= 15 is 0 Å². The van der Waals surface area contributed by atoms with Gasteiger partial charge in [0.1, 0.15) is 5.69 Å². The summed E-state index contributed by atoms with van der Waals surface area (Å²) in [7, 11) is 0. The van der Waals surface area contributed by atoms with Crippen LogP contribution in [0.3, 0.4) is 0 Å². The highest BCUT2D eigenvalue weighted by Gasteiger charge is 2.51. The molecule has 1 aliphatic rings. The molecule has 1 aliphatic carbocycles. The molecule has 0 aliphatic heterocycles. The van der Waals surface area contributed by atoms with E-state index in [2.05, 4.69) is 58.8 Å². The van der Waals surface area contributed by atoms with E-state index in [1.54, 1.807) is 0 Å². The van der Waals surface area contributed by atoms with Gasteiger partial charge >= 0.3 is 0 Å². The summed E-state index contributed by atoms with van der Waals surface area (Å²) in [5.41, 5.74) is 12.1. The van der Waals surface area contributed by atoms with Crippen molar-refractivity contribution in [3.05, 3.63) is 102 Å². The largest absolute Gasteiger partial charge is 0.324 e. The van der Waals surface area contributed by atoms with Gasteiger partial charge in [0.25, 0.3) is 0 Å². The molecule has 3 aromatic carbocycles. The molecule has 2 N–H and O–H groups in total. The molecule has 2 unspecified atom stereocenters. The molecule has 0 amide bonds. The molecule has 1 aromatic heterocycles. The van der Waals surface area contributed by atoms with Crippen LogP contribution in [-0.4, -0.2) is 20.5 Å². The van der Waals surface area contributed by atoms with Crippen molar-refractivity contribution in [1.82, 2.24) is 15.0 Å². The summed E-state index contributed by atoms with van der Waals surface area (Å²) >= 11 is 0. The second-order valence-electron chi connectivity index (χ2n) is 7.66. The summed E-state index contributed by atoms with van der Waals surface area (Å²) in [6.45, 7) is 0. The zero-order valence-corrected chi connectivity index (χ0v) is 16.8. The smallest absolute Gasteiger partial charge is 0.113 e. The normalized spacial score (nSPS) is 20.1. The molecule has 1 heterocycles. The lowest BCUT2D eigenvalue weighted by Crippen LogP contribution is -2.27. The highest BCUT2D eigenvalue weighted by molar-refractivity contribution is 5.85. The Hall–Kier alpha value is -2.95. The van der Waals surface area contributed by atoms with Gasteiger partial charge in [0.15, 0.2) is 0 Å². The molecule has 5 heteroatoms. The number of rotatable bonds is 5. The molecule has 0 bridgehead atoms. The molecule has 1 saturated carbocycles. The van der Waals surface area contributed by atoms with Crippen LogP contribution in [0.25, 0.3) is 16.9 Å². The third-order valence-corrected chi connectivity index (χ3v) is 5.62. The predicted octanol–water partition coefficient (Wildman–Crippen LogP) is 4.78. The first-order chi connectivity index (χ1) is 13.7. The molecule has 0 spiro atoms. The number of hydrogen-bond donors (Lipinski definition) is 1. The van der Waals surface area contributed by atoms with Crippen LogP contribution < -0.4 is 5.73 Å². The van der Waals surface area contributed by atoms with Crippen LogP contribution in [0, 0.1) is 0 Å². The van der Waals surface area contributed by atoms with Crippen molar-refractivity contribution >= 4 is 12.4 Å². The number of benzene rings is 3. The van der Waals surface area contributed by atoms with Crippen LogP contribution in [0.1, 0.15) is 23.5 Å². The van der Waals surface area contributed by atoms with Crippen molar-refractivity contribution in [2.45, 2.75) is 24.3 Å². The van der Waals surface area contributed by atoms with Gasteiger partial charge < -0.3 is 5.73 Å². The number of aromatic nitrogens is 3. The SMILES string of the molecule is Cl.NC1(Cc2ccccc2)CC1c1ccc(-n2cc(-c3ccccc3)nn2)cc1. The fourth-order valence-electron chi connectivity index (χ4n) is 3.93. The van der Waals surface area contributed by atoms with Gasteiger partial charge in [-0.1, -0.05) is 78.0 Å². The molecule has 4 aromatic rings. The quantitative estimate of drug-likeness (QED) is 0.522. The molecule has 4 nitrogen and oxygen atoms in total. The Morgan fingerprint density at radius 1 is 0.897 bits per heavy atom. The lowest BCUT2D eigenvalue weighted by atomic mass is 9.99. The second kappa shape index (κ2) is 7.82. The van der Waals surface area contributed by atoms with Gasteiger partial charge in [0.05, 0.1) is 11.9 Å². The minimum absolute atomic E-state index is 0. The lowest BCUT2D eigenvalue weighted by Gasteiger charge is -2.12. The number of nitrogens with two attached hydrogens (primary N) is 1. The van der Waals surface area contributed by atoms with Crippen molar-refractivity contribution in [3.8, 4) is 16.9 Å². The summed E-state index contributed by atoms with van der Waals surface area (Å²) in [5, 5.41) is 8.57. The summed E-state index contributed by atoms with van der Waals surface area (Å²) < 4.78 is 1.82. The van der Waals surface area contributed by atoms with E-state index < -0.39 is 0 Å². The Kier molecular flexibility index (Phi) is 5.22. The summed E-state index contributed by atoms with van der Waals surface area (Å²) in [5.74, 6) is 0.414. The van der Waals surface area contributed by atoms with Crippen molar-refractivity contribution in [2.75, 3.05) is 0 Å². The molecule has 5 rings (SSSR count). The van der Waals surface area contributed by atoms with Crippen LogP contribution in [0.4, 0.5) is 0 Å². The maximum absolute atomic E-state index is 6.64. The van der Waals surface area contributed by atoms with Crippen molar-refractivity contribution < 1.29 is 0 Å². The van der Waals surface area contributed by atoms with E-state index in [-0.39, 0.29) is 17.9 Å². The van der Waals surface area contributed by atoms with Gasteiger partial charge in [0.2, 0.25) is 0 Å². The zero-order chi connectivity index (χ0) is 19.0. The molecular weight excluding hydrogens is 380 g/mol. The van der Waals surface area contributed by atoms with Gasteiger partial charge in [-0.2, -0.15) is 0 Å². The first-order valence-electron chi connectivity index (χ1n) is 9.62. The fourth-order valence-corrected chi connectivity index (χ4v) is 3.93. The van der Waals surface area contributed by atoms with Crippen LogP contribution in [0.5, 0.6) is 0 Å². The first-order valence-corrected chi connectivity index (χ1v) is 9.62. The third kappa shape index (κ3) is 3.95. The zero-order valence-electron chi connectivity index (χ0n) is 16.0. The minimum atomic E-state index is -0.128. The second-order valence-corrected chi connectivity index (χ2v) is 7.66. The molecule has 0 saturated heterocycles. The molecule has 1 fully saturated rings. The maximum Gasteiger partial charge on any atom is 0.113 e. The molecule has 29 heavy (non-hydrogen) atoms. The summed E-state index contributed by atoms with van der Waals surface area (Å²) in [6.07, 6.45) is 3.91. The van der Waals surface area contributed by atoms with Gasteiger partial charge in [-0.25, -0.2) is 4.68 Å². The average molecular weight is 403 g/mol. The van der Waals surface area contributed by atoms with Crippen molar-refractivity contribution in [3.63, 3.8) is 0 Å².